The van der Waals surface area contributed by atoms with Crippen LogP contribution in [0.1, 0.15) is 16.7 Å². The van der Waals surface area contributed by atoms with Crippen molar-refractivity contribution in [1.82, 2.24) is 0 Å². The van der Waals surface area contributed by atoms with Crippen molar-refractivity contribution in [3.63, 3.8) is 0 Å². The van der Waals surface area contributed by atoms with Gasteiger partial charge in [0, 0.05) is 26.3 Å². The highest BCUT2D eigenvalue weighted by Crippen LogP contribution is 2.36. The van der Waals surface area contributed by atoms with Crippen LogP contribution >= 0.6 is 66.7 Å². The molecule has 3 rings (SSSR count). The molecule has 0 aliphatic heterocycles. The minimum Gasteiger partial charge on any atom is -0.486 e. The fourth-order valence-electron chi connectivity index (χ4n) is 2.77. The molecule has 0 atom stereocenters. The van der Waals surface area contributed by atoms with Gasteiger partial charge < -0.3 is 10.1 Å². The van der Waals surface area contributed by atoms with Crippen molar-refractivity contribution in [1.29, 1.82) is 5.26 Å². The Bertz CT molecular complexity index is 1280. The zero-order chi connectivity index (χ0) is 24.1. The molecule has 0 spiro atoms. The first-order valence-corrected chi connectivity index (χ1v) is 12.1. The van der Waals surface area contributed by atoms with Gasteiger partial charge >= 0.3 is 0 Å². The van der Waals surface area contributed by atoms with E-state index in [9.17, 15) is 10.1 Å². The van der Waals surface area contributed by atoms with Crippen molar-refractivity contribution in [2.24, 2.45) is 0 Å². The molecule has 0 fully saturated rings. The lowest BCUT2D eigenvalue weighted by atomic mass is 10.1. The Morgan fingerprint density at radius 1 is 1.06 bits per heavy atom. The molecule has 3 aromatic carbocycles. The molecule has 33 heavy (non-hydrogen) atoms. The lowest BCUT2D eigenvalue weighted by Crippen LogP contribution is -2.13. The van der Waals surface area contributed by atoms with Gasteiger partial charge in [-0.2, -0.15) is 5.26 Å². The molecule has 1 N–H and O–H groups in total. The number of benzene rings is 3. The number of ether oxygens (including phenoxy) is 1. The molecule has 0 unspecified atom stereocenters. The van der Waals surface area contributed by atoms with E-state index in [1.807, 2.05) is 13.0 Å². The number of hydrogen-bond acceptors (Lipinski definition) is 3. The van der Waals surface area contributed by atoms with Gasteiger partial charge in [0.25, 0.3) is 5.91 Å². The minimum atomic E-state index is -0.539. The van der Waals surface area contributed by atoms with Crippen molar-refractivity contribution >= 4 is 84.3 Å². The predicted octanol–water partition coefficient (Wildman–Crippen LogP) is 8.60. The first-order chi connectivity index (χ1) is 15.7. The van der Waals surface area contributed by atoms with E-state index in [1.165, 1.54) is 6.08 Å². The van der Waals surface area contributed by atoms with Gasteiger partial charge in [-0.15, -0.1) is 0 Å². The summed E-state index contributed by atoms with van der Waals surface area (Å²) >= 11 is 25.2. The Morgan fingerprint density at radius 3 is 2.36 bits per heavy atom. The lowest BCUT2D eigenvalue weighted by Gasteiger charge is -2.13. The number of anilines is 1. The summed E-state index contributed by atoms with van der Waals surface area (Å²) in [6.07, 6.45) is 1.49. The van der Waals surface area contributed by atoms with E-state index in [2.05, 4.69) is 37.2 Å². The molecule has 3 aromatic rings. The van der Waals surface area contributed by atoms with Crippen molar-refractivity contribution in [3.05, 3.63) is 94.8 Å². The normalized spacial score (nSPS) is 11.1. The fourth-order valence-corrected chi connectivity index (χ4v) is 4.87. The van der Waals surface area contributed by atoms with Crippen molar-refractivity contribution in [2.45, 2.75) is 13.5 Å². The molecule has 0 aromatic heterocycles. The average molecular weight is 630 g/mol. The average Bonchev–Trinajstić information content (AvgIpc) is 2.75. The molecule has 4 nitrogen and oxygen atoms in total. The molecule has 168 valence electrons. The third kappa shape index (κ3) is 6.75. The molecular weight excluding hydrogens is 614 g/mol. The number of nitrogens with one attached hydrogen (secondary N) is 1. The first-order valence-electron chi connectivity index (χ1n) is 9.43. The van der Waals surface area contributed by atoms with E-state index in [0.29, 0.717) is 41.0 Å². The van der Waals surface area contributed by atoms with Crippen molar-refractivity contribution in [2.75, 3.05) is 5.32 Å². The highest BCUT2D eigenvalue weighted by atomic mass is 79.9. The van der Waals surface area contributed by atoms with Crippen LogP contribution in [0.15, 0.2) is 63.0 Å². The maximum Gasteiger partial charge on any atom is 0.266 e. The third-order valence-corrected chi connectivity index (χ3v) is 6.69. The second-order valence-corrected chi connectivity index (χ2v) is 9.89. The van der Waals surface area contributed by atoms with E-state index in [0.717, 1.165) is 11.1 Å². The summed E-state index contributed by atoms with van der Waals surface area (Å²) in [5, 5.41) is 13.8. The van der Waals surface area contributed by atoms with Gasteiger partial charge in [-0.05, 0) is 92.4 Å². The zero-order valence-corrected chi connectivity index (χ0v) is 22.5. The first kappa shape index (κ1) is 25.6. The summed E-state index contributed by atoms with van der Waals surface area (Å²) in [5.74, 6) is 0.0118. The van der Waals surface area contributed by atoms with Gasteiger partial charge in [-0.3, -0.25) is 4.79 Å². The molecular formula is C24H15Br2Cl3N2O2. The summed E-state index contributed by atoms with van der Waals surface area (Å²) in [5.41, 5.74) is 2.74. The Morgan fingerprint density at radius 2 is 1.76 bits per heavy atom. The van der Waals surface area contributed by atoms with Crippen LogP contribution in [0, 0.1) is 18.3 Å². The fraction of sp³-hybridized carbons (Fsp3) is 0.0833. The highest BCUT2D eigenvalue weighted by Gasteiger charge is 2.14. The topological polar surface area (TPSA) is 62.1 Å². The molecule has 0 heterocycles. The second kappa shape index (κ2) is 11.4. The largest absolute Gasteiger partial charge is 0.486 e. The van der Waals surface area contributed by atoms with Crippen LogP contribution in [-0.2, 0) is 11.4 Å². The quantitative estimate of drug-likeness (QED) is 0.220. The van der Waals surface area contributed by atoms with Gasteiger partial charge in [-0.25, -0.2) is 0 Å². The summed E-state index contributed by atoms with van der Waals surface area (Å²) in [4.78, 5) is 12.6. The molecule has 0 saturated carbocycles. The number of aryl methyl sites for hydroxylation is 1. The van der Waals surface area contributed by atoms with E-state index in [-0.39, 0.29) is 12.2 Å². The maximum absolute atomic E-state index is 12.6. The Hall–Kier alpha value is -2.01. The number of amides is 1. The molecule has 1 amide bonds. The van der Waals surface area contributed by atoms with E-state index >= 15 is 0 Å². The molecule has 0 aliphatic carbocycles. The number of carbonyl (C=O) groups is 1. The van der Waals surface area contributed by atoms with Gasteiger partial charge in [-0.1, -0.05) is 46.9 Å². The van der Waals surface area contributed by atoms with Crippen LogP contribution in [0.4, 0.5) is 5.69 Å². The van der Waals surface area contributed by atoms with E-state index in [4.69, 9.17) is 39.5 Å². The van der Waals surface area contributed by atoms with Crippen LogP contribution in [0.5, 0.6) is 5.75 Å². The number of rotatable bonds is 6. The van der Waals surface area contributed by atoms with Gasteiger partial charge in [0.05, 0.1) is 8.95 Å². The number of nitriles is 1. The predicted molar refractivity (Wildman–Crippen MR) is 141 cm³/mol. The SMILES string of the molecule is Cc1ccc(NC(=O)/C(C#N)=C\c2cc(Br)c(OCc3ccc(Cl)cc3Cl)c(Br)c2)cc1Cl. The van der Waals surface area contributed by atoms with E-state index < -0.39 is 5.91 Å². The number of hydrogen-bond donors (Lipinski definition) is 1. The van der Waals surface area contributed by atoms with Crippen LogP contribution < -0.4 is 10.1 Å². The Kier molecular flexibility index (Phi) is 8.86. The molecule has 0 radical (unpaired) electrons. The number of halogens is 5. The summed E-state index contributed by atoms with van der Waals surface area (Å²) < 4.78 is 7.18. The standard InChI is InChI=1S/C24H15Br2Cl3N2O2/c1-13-2-5-18(10-21(13)28)31-24(32)16(11-30)6-14-7-19(25)23(20(26)8-14)33-12-15-3-4-17(27)9-22(15)29/h2-10H,12H2,1H3,(H,31,32)/b16-6-. The number of carbonyl (C=O) groups excluding carboxylic acids is 1. The smallest absolute Gasteiger partial charge is 0.266 e. The van der Waals surface area contributed by atoms with Gasteiger partial charge in [0.2, 0.25) is 0 Å². The number of nitrogens with zero attached hydrogens (tertiary/aromatic N) is 1. The Balaban J connectivity index is 1.78. The van der Waals surface area contributed by atoms with Crippen LogP contribution in [0.25, 0.3) is 6.08 Å². The zero-order valence-electron chi connectivity index (χ0n) is 17.1. The molecule has 0 aliphatic rings. The monoisotopic (exact) mass is 626 g/mol. The maximum atomic E-state index is 12.6. The molecule has 0 saturated heterocycles. The molecule has 0 bridgehead atoms. The summed E-state index contributed by atoms with van der Waals surface area (Å²) in [7, 11) is 0. The van der Waals surface area contributed by atoms with Crippen molar-refractivity contribution < 1.29 is 9.53 Å². The van der Waals surface area contributed by atoms with Crippen LogP contribution in [0.3, 0.4) is 0 Å². The van der Waals surface area contributed by atoms with Crippen LogP contribution in [0.2, 0.25) is 15.1 Å². The minimum absolute atomic E-state index is 0.0629. The summed E-state index contributed by atoms with van der Waals surface area (Å²) in [6, 6.07) is 15.8. The lowest BCUT2D eigenvalue weighted by molar-refractivity contribution is -0.112. The van der Waals surface area contributed by atoms with Crippen LogP contribution in [-0.4, -0.2) is 5.91 Å². The third-order valence-electron chi connectivity index (χ3n) is 4.51. The Labute approximate surface area is 223 Å². The van der Waals surface area contributed by atoms with Crippen molar-refractivity contribution in [3.8, 4) is 11.8 Å². The van der Waals surface area contributed by atoms with E-state index in [1.54, 1.807) is 48.5 Å². The van der Waals surface area contributed by atoms with Gasteiger partial charge in [0.1, 0.15) is 24.0 Å². The summed E-state index contributed by atoms with van der Waals surface area (Å²) in [6.45, 7) is 2.09. The molecule has 9 heteroatoms. The second-order valence-electron chi connectivity index (χ2n) is 6.93. The highest BCUT2D eigenvalue weighted by molar-refractivity contribution is 9.11. The van der Waals surface area contributed by atoms with Gasteiger partial charge in [0.15, 0.2) is 0 Å².